The maximum atomic E-state index is 9.62. The first-order chi connectivity index (χ1) is 8.16. The lowest BCUT2D eigenvalue weighted by Crippen LogP contribution is -2.24. The summed E-state index contributed by atoms with van der Waals surface area (Å²) in [5.74, 6) is -0.359. The smallest absolute Gasteiger partial charge is 0.143 e. The van der Waals surface area contributed by atoms with Crippen LogP contribution in [0.3, 0.4) is 0 Å². The van der Waals surface area contributed by atoms with Crippen molar-refractivity contribution in [3.05, 3.63) is 59.6 Å². The van der Waals surface area contributed by atoms with Crippen LogP contribution in [-0.2, 0) is 6.54 Å². The van der Waals surface area contributed by atoms with Crippen molar-refractivity contribution in [1.82, 2.24) is 0 Å². The van der Waals surface area contributed by atoms with Crippen LogP contribution in [0.4, 0.5) is 0 Å². The normalized spacial score (nSPS) is 22.2. The summed E-state index contributed by atoms with van der Waals surface area (Å²) in [7, 11) is 0. The van der Waals surface area contributed by atoms with Crippen LogP contribution in [0.2, 0.25) is 0 Å². The van der Waals surface area contributed by atoms with Crippen LogP contribution in [0.15, 0.2) is 59.0 Å². The zero-order valence-electron chi connectivity index (χ0n) is 9.11. The van der Waals surface area contributed by atoms with Crippen molar-refractivity contribution in [3.63, 3.8) is 0 Å². The second-order valence-corrected chi connectivity index (χ2v) is 3.75. The van der Waals surface area contributed by atoms with E-state index in [0.717, 1.165) is 11.6 Å². The molecule has 1 aromatic carbocycles. The molecule has 0 bridgehead atoms. The second kappa shape index (κ2) is 4.84. The molecule has 4 nitrogen and oxygen atoms in total. The van der Waals surface area contributed by atoms with E-state index in [2.05, 4.69) is 4.99 Å². The maximum Gasteiger partial charge on any atom is 0.143 e. The van der Waals surface area contributed by atoms with Crippen LogP contribution in [0.5, 0.6) is 0 Å². The Bertz CT molecular complexity index is 489. The van der Waals surface area contributed by atoms with Gasteiger partial charge in [0.2, 0.25) is 0 Å². The van der Waals surface area contributed by atoms with Crippen LogP contribution in [0, 0.1) is 0 Å². The third-order valence-corrected chi connectivity index (χ3v) is 2.43. The number of nitrogens with zero attached hydrogens (tertiary/aromatic N) is 1. The number of allylic oxidation sites excluding steroid dienone is 1. The summed E-state index contributed by atoms with van der Waals surface area (Å²) in [5, 5.41) is 28.3. The molecule has 0 radical (unpaired) electrons. The summed E-state index contributed by atoms with van der Waals surface area (Å²) < 4.78 is 0. The van der Waals surface area contributed by atoms with Gasteiger partial charge >= 0.3 is 0 Å². The van der Waals surface area contributed by atoms with Gasteiger partial charge in [0.25, 0.3) is 0 Å². The van der Waals surface area contributed by atoms with Crippen molar-refractivity contribution in [3.8, 4) is 0 Å². The summed E-state index contributed by atoms with van der Waals surface area (Å²) in [6, 6.07) is 9.52. The third kappa shape index (κ3) is 2.73. The molecule has 0 saturated carbocycles. The van der Waals surface area contributed by atoms with Crippen LogP contribution < -0.4 is 0 Å². The fourth-order valence-electron chi connectivity index (χ4n) is 1.59. The molecule has 3 N–H and O–H groups in total. The van der Waals surface area contributed by atoms with Gasteiger partial charge in [-0.1, -0.05) is 30.3 Å². The molecule has 0 heterocycles. The van der Waals surface area contributed by atoms with Crippen molar-refractivity contribution in [2.24, 2.45) is 4.99 Å². The Kier molecular flexibility index (Phi) is 3.25. The van der Waals surface area contributed by atoms with Crippen LogP contribution in [-0.4, -0.2) is 27.1 Å². The average Bonchev–Trinajstić information content (AvgIpc) is 2.29. The summed E-state index contributed by atoms with van der Waals surface area (Å²) >= 11 is 0. The molecule has 0 aromatic heterocycles. The van der Waals surface area contributed by atoms with E-state index in [1.807, 2.05) is 30.3 Å². The Morgan fingerprint density at radius 3 is 2.47 bits per heavy atom. The fourth-order valence-corrected chi connectivity index (χ4v) is 1.59. The lowest BCUT2D eigenvalue weighted by atomic mass is 10.1. The van der Waals surface area contributed by atoms with Gasteiger partial charge in [0.05, 0.1) is 6.54 Å². The molecule has 0 aliphatic heterocycles. The van der Waals surface area contributed by atoms with Crippen LogP contribution in [0.25, 0.3) is 0 Å². The van der Waals surface area contributed by atoms with E-state index < -0.39 is 6.10 Å². The molecule has 0 spiro atoms. The molecule has 0 amide bonds. The number of benzene rings is 1. The first-order valence-electron chi connectivity index (χ1n) is 5.25. The molecule has 1 aliphatic carbocycles. The number of aliphatic imine (C=N–C) groups is 1. The number of aliphatic hydroxyl groups excluding tert-OH is 3. The summed E-state index contributed by atoms with van der Waals surface area (Å²) in [6.45, 7) is 0.375. The van der Waals surface area contributed by atoms with Crippen LogP contribution >= 0.6 is 0 Å². The van der Waals surface area contributed by atoms with Gasteiger partial charge in [-0.2, -0.15) is 0 Å². The fraction of sp³-hybridized carbons (Fsp3) is 0.154. The van der Waals surface area contributed by atoms with Gasteiger partial charge in [-0.15, -0.1) is 0 Å². The van der Waals surface area contributed by atoms with E-state index in [1.165, 1.54) is 6.08 Å². The summed E-state index contributed by atoms with van der Waals surface area (Å²) in [6.07, 6.45) is 1.32. The number of rotatable bonds is 2. The van der Waals surface area contributed by atoms with Gasteiger partial charge in [-0.25, -0.2) is 0 Å². The largest absolute Gasteiger partial charge is 0.508 e. The molecule has 4 heteroatoms. The van der Waals surface area contributed by atoms with Gasteiger partial charge in [0.15, 0.2) is 0 Å². The van der Waals surface area contributed by atoms with E-state index in [4.69, 9.17) is 5.11 Å². The van der Waals surface area contributed by atoms with E-state index in [0.29, 0.717) is 6.54 Å². The van der Waals surface area contributed by atoms with Crippen LogP contribution in [0.1, 0.15) is 5.56 Å². The van der Waals surface area contributed by atoms with E-state index in [9.17, 15) is 10.2 Å². The topological polar surface area (TPSA) is 73.0 Å². The summed E-state index contributed by atoms with van der Waals surface area (Å²) in [4.78, 5) is 4.14. The highest BCUT2D eigenvalue weighted by atomic mass is 16.3. The zero-order chi connectivity index (χ0) is 12.3. The highest BCUT2D eigenvalue weighted by Gasteiger charge is 2.19. The number of aliphatic hydroxyl groups is 3. The Morgan fingerprint density at radius 2 is 1.82 bits per heavy atom. The molecule has 0 saturated heterocycles. The van der Waals surface area contributed by atoms with Crippen molar-refractivity contribution < 1.29 is 15.3 Å². The Morgan fingerprint density at radius 1 is 1.12 bits per heavy atom. The Hall–Kier alpha value is -2.07. The zero-order valence-corrected chi connectivity index (χ0v) is 9.11. The van der Waals surface area contributed by atoms with E-state index in [1.54, 1.807) is 0 Å². The second-order valence-electron chi connectivity index (χ2n) is 3.75. The highest BCUT2D eigenvalue weighted by molar-refractivity contribution is 6.03. The van der Waals surface area contributed by atoms with Crippen molar-refractivity contribution in [2.75, 3.05) is 0 Å². The van der Waals surface area contributed by atoms with Crippen molar-refractivity contribution >= 4 is 5.71 Å². The third-order valence-electron chi connectivity index (χ3n) is 2.43. The SMILES string of the molecule is OC1=CC(O)C(=NCc2ccccc2)C(O)=C1. The maximum absolute atomic E-state index is 9.62. The number of hydrogen-bond donors (Lipinski definition) is 3. The monoisotopic (exact) mass is 231 g/mol. The van der Waals surface area contributed by atoms with Gasteiger partial charge in [0.1, 0.15) is 23.3 Å². The molecule has 88 valence electrons. The minimum Gasteiger partial charge on any atom is -0.508 e. The van der Waals surface area contributed by atoms with Gasteiger partial charge in [0, 0.05) is 6.08 Å². The van der Waals surface area contributed by atoms with Gasteiger partial charge < -0.3 is 15.3 Å². The number of hydrogen-bond acceptors (Lipinski definition) is 4. The lowest BCUT2D eigenvalue weighted by molar-refractivity contribution is 0.270. The molecule has 17 heavy (non-hydrogen) atoms. The van der Waals surface area contributed by atoms with E-state index in [-0.39, 0.29) is 17.2 Å². The Labute approximate surface area is 98.9 Å². The standard InChI is InChI=1S/C13H13NO3/c15-10-6-11(16)13(12(17)7-10)14-8-9-4-2-1-3-5-9/h1-7,11,15-17H,8H2. The molecule has 1 unspecified atom stereocenters. The molecular weight excluding hydrogens is 218 g/mol. The minimum atomic E-state index is -1.07. The molecule has 1 aromatic rings. The predicted octanol–water partition coefficient (Wildman–Crippen LogP) is 1.89. The summed E-state index contributed by atoms with van der Waals surface area (Å²) in [5.41, 5.74) is 1.16. The first-order valence-corrected chi connectivity index (χ1v) is 5.25. The van der Waals surface area contributed by atoms with Gasteiger partial charge in [-0.05, 0) is 11.6 Å². The molecule has 1 aliphatic rings. The quantitative estimate of drug-likeness (QED) is 0.727. The molecule has 2 rings (SSSR count). The van der Waals surface area contributed by atoms with Crippen molar-refractivity contribution in [2.45, 2.75) is 12.6 Å². The predicted molar refractivity (Wildman–Crippen MR) is 65.0 cm³/mol. The lowest BCUT2D eigenvalue weighted by Gasteiger charge is -2.14. The Balaban J connectivity index is 2.16. The van der Waals surface area contributed by atoms with Crippen molar-refractivity contribution in [1.29, 1.82) is 0 Å². The molecular formula is C13H13NO3. The minimum absolute atomic E-state index is 0.159. The molecule has 1 atom stereocenters. The van der Waals surface area contributed by atoms with E-state index >= 15 is 0 Å². The highest BCUT2D eigenvalue weighted by Crippen LogP contribution is 2.13. The first kappa shape index (κ1) is 11.4. The average molecular weight is 231 g/mol. The van der Waals surface area contributed by atoms with Gasteiger partial charge in [-0.3, -0.25) is 4.99 Å². The molecule has 0 fully saturated rings.